The van der Waals surface area contributed by atoms with Gasteiger partial charge >= 0.3 is 0 Å². The van der Waals surface area contributed by atoms with Crippen LogP contribution in [0.1, 0.15) is 24.8 Å². The molecule has 2 nitrogen and oxygen atoms in total. The van der Waals surface area contributed by atoms with Gasteiger partial charge in [-0.1, -0.05) is 17.7 Å². The molecular formula is C12H18N2S. The van der Waals surface area contributed by atoms with Gasteiger partial charge in [0.25, 0.3) is 0 Å². The molecule has 0 spiro atoms. The van der Waals surface area contributed by atoms with E-state index in [2.05, 4.69) is 31.2 Å². The van der Waals surface area contributed by atoms with Crippen LogP contribution in [-0.2, 0) is 0 Å². The van der Waals surface area contributed by atoms with Crippen LogP contribution in [0.25, 0.3) is 0 Å². The zero-order valence-corrected chi connectivity index (χ0v) is 9.94. The maximum Gasteiger partial charge on any atom is 0.0905 e. The molecule has 0 aliphatic carbocycles. The van der Waals surface area contributed by atoms with Crippen molar-refractivity contribution in [3.05, 3.63) is 29.8 Å². The Labute approximate surface area is 95.8 Å². The SMILES string of the molecule is Cc1cccc(SCCCCC(=N)N)c1. The molecule has 0 bridgehead atoms. The highest BCUT2D eigenvalue weighted by molar-refractivity contribution is 7.99. The highest BCUT2D eigenvalue weighted by Gasteiger charge is 1.95. The van der Waals surface area contributed by atoms with Crippen LogP contribution in [0.2, 0.25) is 0 Å². The lowest BCUT2D eigenvalue weighted by atomic mass is 10.2. The van der Waals surface area contributed by atoms with Crippen LogP contribution in [0.15, 0.2) is 29.2 Å². The van der Waals surface area contributed by atoms with Gasteiger partial charge in [-0.3, -0.25) is 5.41 Å². The zero-order valence-electron chi connectivity index (χ0n) is 9.12. The van der Waals surface area contributed by atoms with Crippen LogP contribution in [0.5, 0.6) is 0 Å². The summed E-state index contributed by atoms with van der Waals surface area (Å²) in [5.41, 5.74) is 6.59. The summed E-state index contributed by atoms with van der Waals surface area (Å²) in [6.45, 7) is 2.11. The molecule has 0 amide bonds. The number of amidine groups is 1. The van der Waals surface area contributed by atoms with Crippen molar-refractivity contribution in [3.8, 4) is 0 Å². The highest BCUT2D eigenvalue weighted by Crippen LogP contribution is 2.20. The fourth-order valence-electron chi connectivity index (χ4n) is 1.31. The average Bonchev–Trinajstić information content (AvgIpc) is 2.17. The standard InChI is InChI=1S/C12H18N2S/c1-10-5-4-6-11(9-10)15-8-3-2-7-12(13)14/h4-6,9H,2-3,7-8H2,1H3,(H3,13,14). The molecule has 82 valence electrons. The molecule has 0 saturated carbocycles. The van der Waals surface area contributed by atoms with Crippen LogP contribution in [-0.4, -0.2) is 11.6 Å². The van der Waals surface area contributed by atoms with Crippen molar-refractivity contribution < 1.29 is 0 Å². The van der Waals surface area contributed by atoms with Gasteiger partial charge in [-0.15, -0.1) is 11.8 Å². The normalized spacial score (nSPS) is 10.2. The van der Waals surface area contributed by atoms with E-state index in [0.29, 0.717) is 5.84 Å². The number of unbranched alkanes of at least 4 members (excludes halogenated alkanes) is 1. The number of rotatable bonds is 6. The lowest BCUT2D eigenvalue weighted by molar-refractivity contribution is 0.837. The van der Waals surface area contributed by atoms with Crippen molar-refractivity contribution in [2.24, 2.45) is 5.73 Å². The van der Waals surface area contributed by atoms with Crippen molar-refractivity contribution in [2.75, 3.05) is 5.75 Å². The summed E-state index contributed by atoms with van der Waals surface area (Å²) >= 11 is 1.87. The predicted molar refractivity (Wildman–Crippen MR) is 67.7 cm³/mol. The van der Waals surface area contributed by atoms with Crippen LogP contribution < -0.4 is 5.73 Å². The maximum atomic E-state index is 7.09. The van der Waals surface area contributed by atoms with E-state index < -0.39 is 0 Å². The maximum absolute atomic E-state index is 7.09. The Bertz CT molecular complexity index is 323. The van der Waals surface area contributed by atoms with Crippen molar-refractivity contribution in [3.63, 3.8) is 0 Å². The van der Waals surface area contributed by atoms with Gasteiger partial charge in [-0.25, -0.2) is 0 Å². The first-order valence-corrected chi connectivity index (χ1v) is 6.19. The number of nitrogens with one attached hydrogen (secondary N) is 1. The molecule has 1 rings (SSSR count). The molecule has 0 fully saturated rings. The summed E-state index contributed by atoms with van der Waals surface area (Å²) in [4.78, 5) is 1.33. The third kappa shape index (κ3) is 5.47. The van der Waals surface area contributed by atoms with Crippen molar-refractivity contribution >= 4 is 17.6 Å². The van der Waals surface area contributed by atoms with Gasteiger partial charge in [0.1, 0.15) is 0 Å². The minimum atomic E-state index is 0.301. The molecule has 3 N–H and O–H groups in total. The van der Waals surface area contributed by atoms with Crippen molar-refractivity contribution in [1.82, 2.24) is 0 Å². The molecule has 0 atom stereocenters. The number of hydrogen-bond donors (Lipinski definition) is 2. The quantitative estimate of drug-likeness (QED) is 0.336. The summed E-state index contributed by atoms with van der Waals surface area (Å²) in [6, 6.07) is 8.55. The van der Waals surface area contributed by atoms with E-state index in [1.807, 2.05) is 11.8 Å². The lowest BCUT2D eigenvalue weighted by Gasteiger charge is -2.02. The molecule has 15 heavy (non-hydrogen) atoms. The van der Waals surface area contributed by atoms with Crippen LogP contribution >= 0.6 is 11.8 Å². The van der Waals surface area contributed by atoms with E-state index in [-0.39, 0.29) is 0 Å². The van der Waals surface area contributed by atoms with Crippen molar-refractivity contribution in [1.29, 1.82) is 5.41 Å². The molecule has 0 aliphatic rings. The minimum absolute atomic E-state index is 0.301. The van der Waals surface area contributed by atoms with E-state index in [4.69, 9.17) is 11.1 Å². The number of benzene rings is 1. The Hall–Kier alpha value is -0.960. The molecule has 0 aliphatic heterocycles. The van der Waals surface area contributed by atoms with Crippen LogP contribution in [0.4, 0.5) is 0 Å². The number of nitrogens with two attached hydrogens (primary N) is 1. The Kier molecular flexibility index (Phi) is 5.26. The second kappa shape index (κ2) is 6.51. The highest BCUT2D eigenvalue weighted by atomic mass is 32.2. The lowest BCUT2D eigenvalue weighted by Crippen LogP contribution is -2.08. The van der Waals surface area contributed by atoms with Gasteiger partial charge in [0, 0.05) is 11.3 Å². The first kappa shape index (κ1) is 12.1. The minimum Gasteiger partial charge on any atom is -0.388 e. The molecular weight excluding hydrogens is 204 g/mol. The first-order valence-electron chi connectivity index (χ1n) is 5.21. The Morgan fingerprint density at radius 2 is 2.20 bits per heavy atom. The molecule has 0 saturated heterocycles. The van der Waals surface area contributed by atoms with Gasteiger partial charge in [0.05, 0.1) is 5.84 Å². The zero-order chi connectivity index (χ0) is 11.1. The fourth-order valence-corrected chi connectivity index (χ4v) is 2.34. The monoisotopic (exact) mass is 222 g/mol. The van der Waals surface area contributed by atoms with Gasteiger partial charge in [-0.05, 0) is 37.7 Å². The van der Waals surface area contributed by atoms with Gasteiger partial charge in [-0.2, -0.15) is 0 Å². The fraction of sp³-hybridized carbons (Fsp3) is 0.417. The summed E-state index contributed by atoms with van der Waals surface area (Å²) in [5.74, 6) is 1.41. The van der Waals surface area contributed by atoms with Gasteiger partial charge in [0.15, 0.2) is 0 Å². The molecule has 1 aromatic rings. The summed E-state index contributed by atoms with van der Waals surface area (Å²) in [7, 11) is 0. The second-order valence-corrected chi connectivity index (χ2v) is 4.82. The van der Waals surface area contributed by atoms with Gasteiger partial charge < -0.3 is 5.73 Å². The van der Waals surface area contributed by atoms with E-state index in [1.54, 1.807) is 0 Å². The predicted octanol–water partition coefficient (Wildman–Crippen LogP) is 3.19. The smallest absolute Gasteiger partial charge is 0.0905 e. The summed E-state index contributed by atoms with van der Waals surface area (Å²) < 4.78 is 0. The average molecular weight is 222 g/mol. The van der Waals surface area contributed by atoms with E-state index in [9.17, 15) is 0 Å². The van der Waals surface area contributed by atoms with E-state index >= 15 is 0 Å². The Balaban J connectivity index is 2.17. The van der Waals surface area contributed by atoms with Crippen LogP contribution in [0.3, 0.4) is 0 Å². The Morgan fingerprint density at radius 3 is 2.87 bits per heavy atom. The number of aryl methyl sites for hydroxylation is 1. The first-order chi connectivity index (χ1) is 7.18. The second-order valence-electron chi connectivity index (χ2n) is 3.65. The van der Waals surface area contributed by atoms with E-state index in [1.165, 1.54) is 10.5 Å². The summed E-state index contributed by atoms with van der Waals surface area (Å²) in [6.07, 6.45) is 2.88. The largest absolute Gasteiger partial charge is 0.388 e. The van der Waals surface area contributed by atoms with Crippen LogP contribution in [0, 0.1) is 12.3 Å². The number of hydrogen-bond acceptors (Lipinski definition) is 2. The molecule has 1 aromatic carbocycles. The number of thioether (sulfide) groups is 1. The third-order valence-corrected chi connectivity index (χ3v) is 3.18. The molecule has 0 heterocycles. The molecule has 0 unspecified atom stereocenters. The molecule has 3 heteroatoms. The third-order valence-electron chi connectivity index (χ3n) is 2.10. The molecule has 0 aromatic heterocycles. The molecule has 0 radical (unpaired) electrons. The van der Waals surface area contributed by atoms with Gasteiger partial charge in [0.2, 0.25) is 0 Å². The Morgan fingerprint density at radius 1 is 1.40 bits per heavy atom. The topological polar surface area (TPSA) is 49.9 Å². The van der Waals surface area contributed by atoms with Crippen molar-refractivity contribution in [2.45, 2.75) is 31.1 Å². The van der Waals surface area contributed by atoms with E-state index in [0.717, 1.165) is 25.0 Å². The summed E-state index contributed by atoms with van der Waals surface area (Å²) in [5, 5.41) is 7.09.